The van der Waals surface area contributed by atoms with Crippen LogP contribution in [0, 0.1) is 17.8 Å². The molecule has 3 heteroatoms. The Morgan fingerprint density at radius 3 is 2.31 bits per heavy atom. The molecule has 0 unspecified atom stereocenters. The largest absolute Gasteiger partial charge is 0.222 e. The maximum Gasteiger partial charge on any atom is 0.222 e. The minimum atomic E-state index is 0.218. The van der Waals surface area contributed by atoms with E-state index in [-0.39, 0.29) is 10.8 Å². The third kappa shape index (κ3) is 3.78. The Kier molecular flexibility index (Phi) is 5.38. The topological polar surface area (TPSA) is 3.88 Å². The molecule has 0 N–H and O–H groups in total. The van der Waals surface area contributed by atoms with Gasteiger partial charge in [-0.15, -0.1) is 11.3 Å². The van der Waals surface area contributed by atoms with Crippen molar-refractivity contribution in [1.82, 2.24) is 0 Å². The average Bonchev–Trinajstić information content (AvgIpc) is 3.27. The standard InChI is InChI=1S/C33H36NS2/c1-19-27-29-28-22(12-14-34(29)8)21-11-9-10-20(17-32(2,3)4)24(21)16-26(28)36-31(27)25(18-33(5,6)7)23-13-15-35-30(19)23/h9-16H,17-18H2,1-8H3/q+1. The summed E-state index contributed by atoms with van der Waals surface area (Å²) in [6, 6.07) is 14.1. The van der Waals surface area contributed by atoms with E-state index >= 15 is 0 Å². The Balaban J connectivity index is 1.75. The normalized spacial score (nSPS) is 13.7. The van der Waals surface area contributed by atoms with Gasteiger partial charge in [-0.3, -0.25) is 0 Å². The van der Waals surface area contributed by atoms with E-state index in [1.807, 2.05) is 23.1 Å². The lowest BCUT2D eigenvalue weighted by Crippen LogP contribution is -2.32. The number of rotatable bonds is 2. The number of thiophene rings is 1. The van der Waals surface area contributed by atoms with Gasteiger partial charge in [0.25, 0.3) is 0 Å². The molecule has 0 bridgehead atoms. The zero-order valence-electron chi connectivity index (χ0n) is 22.8. The first-order valence-electron chi connectivity index (χ1n) is 13.0. The van der Waals surface area contributed by atoms with Crippen LogP contribution in [0.3, 0.4) is 0 Å². The summed E-state index contributed by atoms with van der Waals surface area (Å²) in [5.41, 5.74) is 7.69. The lowest BCUT2D eigenvalue weighted by molar-refractivity contribution is -0.659. The molecule has 0 atom stereocenters. The highest BCUT2D eigenvalue weighted by molar-refractivity contribution is 8.00. The Hall–Kier alpha value is -2.36. The Labute approximate surface area is 223 Å². The van der Waals surface area contributed by atoms with E-state index in [1.54, 1.807) is 0 Å². The summed E-state index contributed by atoms with van der Waals surface area (Å²) in [5.74, 6) is 0. The van der Waals surface area contributed by atoms with Crippen molar-refractivity contribution in [3.63, 3.8) is 0 Å². The molecule has 1 aliphatic rings. The number of pyridine rings is 1. The predicted octanol–water partition coefficient (Wildman–Crippen LogP) is 9.65. The number of benzene rings is 3. The molecule has 2 aromatic heterocycles. The van der Waals surface area contributed by atoms with Gasteiger partial charge in [0.05, 0.1) is 10.9 Å². The quantitative estimate of drug-likeness (QED) is 0.166. The molecule has 6 rings (SSSR count). The third-order valence-electron chi connectivity index (χ3n) is 7.42. The molecule has 1 nitrogen and oxygen atoms in total. The summed E-state index contributed by atoms with van der Waals surface area (Å²) in [5, 5.41) is 9.32. The van der Waals surface area contributed by atoms with Crippen LogP contribution in [-0.4, -0.2) is 0 Å². The third-order valence-corrected chi connectivity index (χ3v) is 9.65. The first kappa shape index (κ1) is 24.0. The maximum atomic E-state index is 2.50. The molecule has 3 aromatic carbocycles. The zero-order chi connectivity index (χ0) is 25.6. The molecule has 184 valence electrons. The van der Waals surface area contributed by atoms with Crippen LogP contribution in [0.1, 0.15) is 58.2 Å². The summed E-state index contributed by atoms with van der Waals surface area (Å²) >= 11 is 3.91. The molecular formula is C33H36NS2+. The SMILES string of the molecule is Cc1c2c(c(CC(C)(C)C)c3ccsc13)Sc1cc3c(CC(C)(C)C)cccc3c3cc[n+](C)c-2c13. The predicted molar refractivity (Wildman–Crippen MR) is 159 cm³/mol. The molecule has 5 aromatic rings. The second kappa shape index (κ2) is 8.07. The van der Waals surface area contributed by atoms with Crippen molar-refractivity contribution in [3.8, 4) is 11.3 Å². The minimum Gasteiger partial charge on any atom is -0.200 e. The van der Waals surface area contributed by atoms with Crippen molar-refractivity contribution in [1.29, 1.82) is 0 Å². The monoisotopic (exact) mass is 510 g/mol. The number of aromatic nitrogens is 1. The highest BCUT2D eigenvalue weighted by atomic mass is 32.2. The van der Waals surface area contributed by atoms with Crippen LogP contribution in [0.25, 0.3) is 42.9 Å². The van der Waals surface area contributed by atoms with E-state index in [2.05, 4.69) is 108 Å². The number of fused-ring (bicyclic) bond motifs is 5. The van der Waals surface area contributed by atoms with Gasteiger partial charge in [-0.05, 0) is 81.0 Å². The second-order valence-electron chi connectivity index (χ2n) is 13.0. The first-order valence-corrected chi connectivity index (χ1v) is 14.7. The molecule has 36 heavy (non-hydrogen) atoms. The van der Waals surface area contributed by atoms with Gasteiger partial charge < -0.3 is 0 Å². The fourth-order valence-electron chi connectivity index (χ4n) is 6.06. The lowest BCUT2D eigenvalue weighted by Gasteiger charge is -2.27. The smallest absolute Gasteiger partial charge is 0.200 e. The lowest BCUT2D eigenvalue weighted by atomic mass is 9.84. The van der Waals surface area contributed by atoms with Gasteiger partial charge in [-0.25, -0.2) is 4.57 Å². The van der Waals surface area contributed by atoms with Crippen LogP contribution < -0.4 is 4.57 Å². The van der Waals surface area contributed by atoms with E-state index in [4.69, 9.17) is 0 Å². The maximum absolute atomic E-state index is 2.50. The fourth-order valence-corrected chi connectivity index (χ4v) is 8.36. The average molecular weight is 511 g/mol. The summed E-state index contributed by atoms with van der Waals surface area (Å²) in [4.78, 5) is 2.87. The van der Waals surface area contributed by atoms with E-state index in [9.17, 15) is 0 Å². The van der Waals surface area contributed by atoms with Crippen LogP contribution in [0.4, 0.5) is 0 Å². The van der Waals surface area contributed by atoms with Gasteiger partial charge >= 0.3 is 0 Å². The van der Waals surface area contributed by atoms with Crippen LogP contribution in [-0.2, 0) is 19.9 Å². The highest BCUT2D eigenvalue weighted by Crippen LogP contribution is 2.54. The number of aryl methyl sites for hydroxylation is 2. The van der Waals surface area contributed by atoms with Gasteiger partial charge in [0, 0.05) is 25.9 Å². The Morgan fingerprint density at radius 2 is 1.58 bits per heavy atom. The first-order chi connectivity index (χ1) is 16.9. The summed E-state index contributed by atoms with van der Waals surface area (Å²) in [6.45, 7) is 16.5. The molecule has 3 heterocycles. The van der Waals surface area contributed by atoms with E-state index in [0.717, 1.165) is 12.8 Å². The molecule has 0 saturated heterocycles. The number of hydrogen-bond donors (Lipinski definition) is 0. The van der Waals surface area contributed by atoms with Crippen molar-refractivity contribution < 1.29 is 4.57 Å². The van der Waals surface area contributed by atoms with Gasteiger partial charge in [0.15, 0.2) is 6.20 Å². The Morgan fingerprint density at radius 1 is 0.833 bits per heavy atom. The van der Waals surface area contributed by atoms with E-state index in [1.165, 1.54) is 69.4 Å². The molecule has 1 aliphatic heterocycles. The summed E-state index contributed by atoms with van der Waals surface area (Å²) in [6.07, 6.45) is 4.43. The summed E-state index contributed by atoms with van der Waals surface area (Å²) < 4.78 is 3.81. The van der Waals surface area contributed by atoms with Crippen LogP contribution in [0.15, 0.2) is 57.8 Å². The number of nitrogens with zero attached hydrogens (tertiary/aromatic N) is 1. The van der Waals surface area contributed by atoms with Gasteiger partial charge in [-0.1, -0.05) is 71.5 Å². The van der Waals surface area contributed by atoms with Gasteiger partial charge in [0.2, 0.25) is 5.69 Å². The van der Waals surface area contributed by atoms with Crippen LogP contribution >= 0.6 is 23.1 Å². The van der Waals surface area contributed by atoms with E-state index < -0.39 is 0 Å². The van der Waals surface area contributed by atoms with Crippen molar-refractivity contribution in [3.05, 3.63) is 64.7 Å². The molecule has 0 radical (unpaired) electrons. The van der Waals surface area contributed by atoms with Crippen molar-refractivity contribution >= 4 is 54.7 Å². The van der Waals surface area contributed by atoms with Crippen LogP contribution in [0.5, 0.6) is 0 Å². The Bertz CT molecular complexity index is 1690. The fraction of sp³-hybridized carbons (Fsp3) is 0.364. The molecular weight excluding hydrogens is 475 g/mol. The second-order valence-corrected chi connectivity index (χ2v) is 15.0. The van der Waals surface area contributed by atoms with Gasteiger partial charge in [-0.2, -0.15) is 0 Å². The molecule has 0 amide bonds. The van der Waals surface area contributed by atoms with Crippen molar-refractivity contribution in [2.24, 2.45) is 17.9 Å². The van der Waals surface area contributed by atoms with Crippen molar-refractivity contribution in [2.45, 2.75) is 71.1 Å². The van der Waals surface area contributed by atoms with Gasteiger partial charge in [0.1, 0.15) is 7.05 Å². The molecule has 0 spiro atoms. The molecule has 0 saturated carbocycles. The van der Waals surface area contributed by atoms with E-state index in [0.29, 0.717) is 0 Å². The minimum absolute atomic E-state index is 0.218. The summed E-state index contributed by atoms with van der Waals surface area (Å²) in [7, 11) is 2.22. The number of hydrogen-bond acceptors (Lipinski definition) is 2. The molecule has 0 fully saturated rings. The van der Waals surface area contributed by atoms with Crippen molar-refractivity contribution in [2.75, 3.05) is 0 Å². The molecule has 0 aliphatic carbocycles. The highest BCUT2D eigenvalue weighted by Gasteiger charge is 2.33. The van der Waals surface area contributed by atoms with Crippen LogP contribution in [0.2, 0.25) is 0 Å². The zero-order valence-corrected chi connectivity index (χ0v) is 24.4.